The molecular formula is C18H31N3. The highest BCUT2D eigenvalue weighted by atomic mass is 15.2. The molecule has 21 heavy (non-hydrogen) atoms. The second kappa shape index (κ2) is 7.37. The molecular weight excluding hydrogens is 258 g/mol. The molecule has 1 aromatic heterocycles. The molecule has 0 saturated carbocycles. The standard InChI is InChI=1S/C18H31N3/c1-5-18(4,21-12-8-7-9-13-21)17(20-6-2)16-14-19-11-10-15(16)3/h10-11,14,17,20H,5-9,12-13H2,1-4H3. The fraction of sp³-hybridized carbons (Fsp3) is 0.722. The molecule has 3 heteroatoms. The lowest BCUT2D eigenvalue weighted by atomic mass is 9.81. The van der Waals surface area contributed by atoms with Gasteiger partial charge in [-0.05, 0) is 69.9 Å². The summed E-state index contributed by atoms with van der Waals surface area (Å²) in [6, 6.07) is 2.48. The van der Waals surface area contributed by atoms with Gasteiger partial charge in [-0.15, -0.1) is 0 Å². The Bertz CT molecular complexity index is 440. The summed E-state index contributed by atoms with van der Waals surface area (Å²) in [7, 11) is 0. The Balaban J connectivity index is 2.35. The van der Waals surface area contributed by atoms with E-state index >= 15 is 0 Å². The van der Waals surface area contributed by atoms with E-state index in [0.29, 0.717) is 6.04 Å². The fourth-order valence-electron chi connectivity index (χ4n) is 3.66. The zero-order valence-electron chi connectivity index (χ0n) is 14.2. The first-order valence-electron chi connectivity index (χ1n) is 8.52. The number of pyridine rings is 1. The Labute approximate surface area is 130 Å². The summed E-state index contributed by atoms with van der Waals surface area (Å²) >= 11 is 0. The largest absolute Gasteiger partial charge is 0.309 e. The summed E-state index contributed by atoms with van der Waals surface area (Å²) in [5.41, 5.74) is 2.85. The van der Waals surface area contributed by atoms with E-state index in [0.717, 1.165) is 13.0 Å². The maximum absolute atomic E-state index is 4.38. The van der Waals surface area contributed by atoms with E-state index in [1.54, 1.807) is 0 Å². The molecule has 1 aliphatic rings. The van der Waals surface area contributed by atoms with Crippen LogP contribution in [0.1, 0.15) is 63.6 Å². The molecule has 2 atom stereocenters. The van der Waals surface area contributed by atoms with Crippen LogP contribution in [0.5, 0.6) is 0 Å². The smallest absolute Gasteiger partial charge is 0.0522 e. The summed E-state index contributed by atoms with van der Waals surface area (Å²) in [5, 5.41) is 3.75. The lowest BCUT2D eigenvalue weighted by Gasteiger charge is -2.48. The summed E-state index contributed by atoms with van der Waals surface area (Å²) < 4.78 is 0. The minimum atomic E-state index is 0.157. The van der Waals surface area contributed by atoms with Crippen LogP contribution in [0.15, 0.2) is 18.5 Å². The molecule has 2 rings (SSSR count). The van der Waals surface area contributed by atoms with E-state index in [-0.39, 0.29) is 5.54 Å². The molecule has 1 saturated heterocycles. The molecule has 0 bridgehead atoms. The van der Waals surface area contributed by atoms with Crippen molar-refractivity contribution in [2.45, 2.75) is 65.0 Å². The van der Waals surface area contributed by atoms with Gasteiger partial charge in [0.2, 0.25) is 0 Å². The number of nitrogens with zero attached hydrogens (tertiary/aromatic N) is 2. The van der Waals surface area contributed by atoms with Crippen molar-refractivity contribution in [2.24, 2.45) is 0 Å². The molecule has 1 aromatic rings. The van der Waals surface area contributed by atoms with Crippen molar-refractivity contribution in [1.82, 2.24) is 15.2 Å². The minimum absolute atomic E-state index is 0.157. The first kappa shape index (κ1) is 16.4. The third kappa shape index (κ3) is 3.46. The van der Waals surface area contributed by atoms with E-state index in [1.165, 1.54) is 43.5 Å². The van der Waals surface area contributed by atoms with Gasteiger partial charge in [-0.3, -0.25) is 9.88 Å². The Morgan fingerprint density at radius 2 is 2.00 bits per heavy atom. The number of rotatable bonds is 6. The molecule has 2 unspecified atom stereocenters. The summed E-state index contributed by atoms with van der Waals surface area (Å²) in [4.78, 5) is 7.09. The third-order valence-corrected chi connectivity index (χ3v) is 5.21. The fourth-order valence-corrected chi connectivity index (χ4v) is 3.66. The second-order valence-corrected chi connectivity index (χ2v) is 6.48. The average Bonchev–Trinajstić information content (AvgIpc) is 2.53. The number of hydrogen-bond donors (Lipinski definition) is 1. The van der Waals surface area contributed by atoms with Crippen molar-refractivity contribution in [3.05, 3.63) is 29.6 Å². The summed E-state index contributed by atoms with van der Waals surface area (Å²) in [5.74, 6) is 0. The van der Waals surface area contributed by atoms with Crippen molar-refractivity contribution >= 4 is 0 Å². The van der Waals surface area contributed by atoms with Crippen LogP contribution in [0.4, 0.5) is 0 Å². The van der Waals surface area contributed by atoms with Gasteiger partial charge >= 0.3 is 0 Å². The topological polar surface area (TPSA) is 28.2 Å². The Hall–Kier alpha value is -0.930. The molecule has 0 amide bonds. The van der Waals surface area contributed by atoms with E-state index < -0.39 is 0 Å². The number of piperidine rings is 1. The highest BCUT2D eigenvalue weighted by Gasteiger charge is 2.39. The summed E-state index contributed by atoms with van der Waals surface area (Å²) in [6.07, 6.45) is 9.15. The molecule has 0 aliphatic carbocycles. The van der Waals surface area contributed by atoms with Crippen LogP contribution in [-0.2, 0) is 0 Å². The predicted octanol–water partition coefficient (Wildman–Crippen LogP) is 3.70. The van der Waals surface area contributed by atoms with Gasteiger partial charge in [-0.1, -0.05) is 20.3 Å². The van der Waals surface area contributed by atoms with Crippen LogP contribution < -0.4 is 5.32 Å². The van der Waals surface area contributed by atoms with Crippen LogP contribution in [0.25, 0.3) is 0 Å². The third-order valence-electron chi connectivity index (χ3n) is 5.21. The van der Waals surface area contributed by atoms with Gasteiger partial charge in [0, 0.05) is 17.9 Å². The zero-order valence-corrected chi connectivity index (χ0v) is 14.2. The molecule has 1 aliphatic heterocycles. The van der Waals surface area contributed by atoms with Crippen molar-refractivity contribution in [3.8, 4) is 0 Å². The Morgan fingerprint density at radius 3 is 2.57 bits per heavy atom. The first-order valence-corrected chi connectivity index (χ1v) is 8.52. The maximum atomic E-state index is 4.38. The molecule has 1 fully saturated rings. The summed E-state index contributed by atoms with van der Waals surface area (Å²) in [6.45, 7) is 12.6. The number of nitrogens with one attached hydrogen (secondary N) is 1. The molecule has 1 N–H and O–H groups in total. The number of likely N-dealkylation sites (tertiary alicyclic amines) is 1. The van der Waals surface area contributed by atoms with Crippen molar-refractivity contribution < 1.29 is 0 Å². The number of hydrogen-bond acceptors (Lipinski definition) is 3. The van der Waals surface area contributed by atoms with Gasteiger partial charge in [0.05, 0.1) is 6.04 Å². The first-order chi connectivity index (χ1) is 10.1. The number of aryl methyl sites for hydroxylation is 1. The van der Waals surface area contributed by atoms with E-state index in [4.69, 9.17) is 0 Å². The molecule has 3 nitrogen and oxygen atoms in total. The lowest BCUT2D eigenvalue weighted by Crippen LogP contribution is -2.56. The Morgan fingerprint density at radius 1 is 1.29 bits per heavy atom. The van der Waals surface area contributed by atoms with Crippen LogP contribution in [0.3, 0.4) is 0 Å². The highest BCUT2D eigenvalue weighted by molar-refractivity contribution is 5.28. The van der Waals surface area contributed by atoms with Gasteiger partial charge < -0.3 is 5.32 Å². The Kier molecular flexibility index (Phi) is 5.77. The SMILES string of the molecule is CCNC(c1cnccc1C)C(C)(CC)N1CCCCC1. The van der Waals surface area contributed by atoms with Crippen LogP contribution in [0, 0.1) is 6.92 Å². The van der Waals surface area contributed by atoms with E-state index in [9.17, 15) is 0 Å². The van der Waals surface area contributed by atoms with E-state index in [1.807, 2.05) is 6.20 Å². The highest BCUT2D eigenvalue weighted by Crippen LogP contribution is 2.36. The predicted molar refractivity (Wildman–Crippen MR) is 89.5 cm³/mol. The molecule has 0 spiro atoms. The zero-order chi connectivity index (χ0) is 15.3. The molecule has 0 radical (unpaired) electrons. The van der Waals surface area contributed by atoms with Gasteiger partial charge in [-0.25, -0.2) is 0 Å². The monoisotopic (exact) mass is 289 g/mol. The van der Waals surface area contributed by atoms with E-state index in [2.05, 4.69) is 55.2 Å². The maximum Gasteiger partial charge on any atom is 0.0522 e. The van der Waals surface area contributed by atoms with Crippen LogP contribution in [-0.4, -0.2) is 35.1 Å². The van der Waals surface area contributed by atoms with Gasteiger partial charge in [-0.2, -0.15) is 0 Å². The lowest BCUT2D eigenvalue weighted by molar-refractivity contribution is 0.0426. The van der Waals surface area contributed by atoms with Crippen molar-refractivity contribution in [1.29, 1.82) is 0 Å². The number of likely N-dealkylation sites (N-methyl/N-ethyl adjacent to an activating group) is 1. The second-order valence-electron chi connectivity index (χ2n) is 6.48. The minimum Gasteiger partial charge on any atom is -0.309 e. The molecule has 2 heterocycles. The van der Waals surface area contributed by atoms with Crippen molar-refractivity contribution in [2.75, 3.05) is 19.6 Å². The van der Waals surface area contributed by atoms with Gasteiger partial charge in [0.25, 0.3) is 0 Å². The van der Waals surface area contributed by atoms with Crippen molar-refractivity contribution in [3.63, 3.8) is 0 Å². The average molecular weight is 289 g/mol. The van der Waals surface area contributed by atoms with Crippen LogP contribution >= 0.6 is 0 Å². The molecule has 0 aromatic carbocycles. The van der Waals surface area contributed by atoms with Gasteiger partial charge in [0.1, 0.15) is 0 Å². The molecule has 118 valence electrons. The number of aromatic nitrogens is 1. The van der Waals surface area contributed by atoms with Gasteiger partial charge in [0.15, 0.2) is 0 Å². The quantitative estimate of drug-likeness (QED) is 0.865. The normalized spacial score (nSPS) is 21.0. The van der Waals surface area contributed by atoms with Crippen LogP contribution in [0.2, 0.25) is 0 Å².